The van der Waals surface area contributed by atoms with Gasteiger partial charge in [0.25, 0.3) is 5.56 Å². The van der Waals surface area contributed by atoms with Gasteiger partial charge in [-0.05, 0) is 35.7 Å². The highest BCUT2D eigenvalue weighted by Crippen LogP contribution is 2.23. The summed E-state index contributed by atoms with van der Waals surface area (Å²) in [6.45, 7) is 4.10. The Bertz CT molecular complexity index is 407. The maximum absolute atomic E-state index is 11.3. The van der Waals surface area contributed by atoms with E-state index in [1.807, 2.05) is 13.8 Å². The number of rotatable bonds is 5. The van der Waals surface area contributed by atoms with E-state index in [9.17, 15) is 4.79 Å². The summed E-state index contributed by atoms with van der Waals surface area (Å²) in [6.07, 6.45) is 2.78. The number of aliphatic hydroxyl groups is 1. The number of anilines is 1. The molecule has 0 saturated heterocycles. The third-order valence-electron chi connectivity index (χ3n) is 2.66. The summed E-state index contributed by atoms with van der Waals surface area (Å²) in [5, 5.41) is 12.2. The predicted octanol–water partition coefficient (Wildman–Crippen LogP) is 1.50. The fourth-order valence-electron chi connectivity index (χ4n) is 1.33. The van der Waals surface area contributed by atoms with Crippen LogP contribution >= 0.6 is 15.9 Å². The van der Waals surface area contributed by atoms with Gasteiger partial charge in [0.05, 0.1) is 6.33 Å². The van der Waals surface area contributed by atoms with Crippen molar-refractivity contribution in [2.45, 2.75) is 32.2 Å². The molecule has 0 aliphatic heterocycles. The van der Waals surface area contributed by atoms with Crippen LogP contribution in [0.5, 0.6) is 0 Å². The number of aliphatic hydroxyl groups excluding tert-OH is 1. The van der Waals surface area contributed by atoms with Crippen molar-refractivity contribution >= 4 is 21.7 Å². The number of hydrogen-bond donors (Lipinski definition) is 3. The Morgan fingerprint density at radius 2 is 2.38 bits per heavy atom. The molecule has 16 heavy (non-hydrogen) atoms. The van der Waals surface area contributed by atoms with Gasteiger partial charge in [0.2, 0.25) is 0 Å². The van der Waals surface area contributed by atoms with Gasteiger partial charge >= 0.3 is 0 Å². The molecule has 1 atom stereocenters. The molecule has 0 bridgehead atoms. The van der Waals surface area contributed by atoms with Crippen LogP contribution in [0.15, 0.2) is 15.6 Å². The average Bonchev–Trinajstić information content (AvgIpc) is 2.25. The average molecular weight is 290 g/mol. The monoisotopic (exact) mass is 289 g/mol. The van der Waals surface area contributed by atoms with Crippen molar-refractivity contribution in [3.8, 4) is 0 Å². The molecule has 90 valence electrons. The molecule has 0 aliphatic carbocycles. The van der Waals surface area contributed by atoms with Crippen molar-refractivity contribution in [1.29, 1.82) is 0 Å². The molecule has 0 amide bonds. The molecule has 1 unspecified atom stereocenters. The lowest BCUT2D eigenvalue weighted by molar-refractivity contribution is 0.251. The van der Waals surface area contributed by atoms with Crippen LogP contribution in [0.1, 0.15) is 26.7 Å². The van der Waals surface area contributed by atoms with Gasteiger partial charge in [0.1, 0.15) is 10.3 Å². The first kappa shape index (κ1) is 13.2. The normalized spacial score (nSPS) is 14.5. The Morgan fingerprint density at radius 1 is 1.69 bits per heavy atom. The topological polar surface area (TPSA) is 78.0 Å². The Labute approximate surface area is 102 Å². The van der Waals surface area contributed by atoms with E-state index >= 15 is 0 Å². The molecular weight excluding hydrogens is 274 g/mol. The lowest BCUT2D eigenvalue weighted by Gasteiger charge is -2.29. The van der Waals surface area contributed by atoms with Crippen molar-refractivity contribution in [3.05, 3.63) is 21.2 Å². The summed E-state index contributed by atoms with van der Waals surface area (Å²) in [5.74, 6) is 0.501. The number of nitrogens with zero attached hydrogens (tertiary/aromatic N) is 1. The van der Waals surface area contributed by atoms with Gasteiger partial charge in [-0.2, -0.15) is 0 Å². The highest BCUT2D eigenvalue weighted by Gasteiger charge is 2.22. The van der Waals surface area contributed by atoms with Crippen LogP contribution in [0, 0.1) is 0 Å². The van der Waals surface area contributed by atoms with Gasteiger partial charge in [-0.25, -0.2) is 4.98 Å². The van der Waals surface area contributed by atoms with E-state index in [1.165, 1.54) is 6.33 Å². The van der Waals surface area contributed by atoms with E-state index in [-0.39, 0.29) is 17.7 Å². The minimum atomic E-state index is -0.266. The van der Waals surface area contributed by atoms with Gasteiger partial charge in [-0.3, -0.25) is 4.79 Å². The maximum Gasteiger partial charge on any atom is 0.267 e. The largest absolute Gasteiger partial charge is 0.396 e. The van der Waals surface area contributed by atoms with Crippen molar-refractivity contribution in [3.63, 3.8) is 0 Å². The lowest BCUT2D eigenvalue weighted by atomic mass is 9.95. The van der Waals surface area contributed by atoms with Crippen LogP contribution in [-0.2, 0) is 0 Å². The second-order valence-corrected chi connectivity index (χ2v) is 4.70. The van der Waals surface area contributed by atoms with Gasteiger partial charge in [0.15, 0.2) is 0 Å². The van der Waals surface area contributed by atoms with Crippen LogP contribution < -0.4 is 10.9 Å². The van der Waals surface area contributed by atoms with Crippen molar-refractivity contribution in [2.24, 2.45) is 0 Å². The van der Waals surface area contributed by atoms with Crippen molar-refractivity contribution < 1.29 is 5.11 Å². The zero-order chi connectivity index (χ0) is 12.2. The van der Waals surface area contributed by atoms with Gasteiger partial charge in [0, 0.05) is 12.1 Å². The Balaban J connectivity index is 2.94. The van der Waals surface area contributed by atoms with Crippen LogP contribution in [0.25, 0.3) is 0 Å². The zero-order valence-corrected chi connectivity index (χ0v) is 11.0. The molecule has 1 aromatic heterocycles. The smallest absolute Gasteiger partial charge is 0.267 e. The third kappa shape index (κ3) is 3.05. The molecule has 1 heterocycles. The van der Waals surface area contributed by atoms with Crippen molar-refractivity contribution in [1.82, 2.24) is 9.97 Å². The molecule has 6 heteroatoms. The number of nitrogens with one attached hydrogen (secondary N) is 2. The Hall–Kier alpha value is -0.880. The molecule has 0 aromatic carbocycles. The summed E-state index contributed by atoms with van der Waals surface area (Å²) in [6, 6.07) is 0. The van der Waals surface area contributed by atoms with Crippen molar-refractivity contribution in [2.75, 3.05) is 11.9 Å². The molecule has 5 nitrogen and oxygen atoms in total. The van der Waals surface area contributed by atoms with Crippen LogP contribution in [-0.4, -0.2) is 27.2 Å². The lowest BCUT2D eigenvalue weighted by Crippen LogP contribution is -2.36. The first-order chi connectivity index (χ1) is 7.52. The number of aromatic amines is 1. The molecule has 0 saturated carbocycles. The first-order valence-electron chi connectivity index (χ1n) is 5.14. The molecule has 1 aromatic rings. The molecule has 0 fully saturated rings. The number of H-pyrrole nitrogens is 1. The molecule has 0 spiro atoms. The van der Waals surface area contributed by atoms with Crippen LogP contribution in [0.2, 0.25) is 0 Å². The van der Waals surface area contributed by atoms with Crippen LogP contribution in [0.4, 0.5) is 5.82 Å². The second-order valence-electron chi connectivity index (χ2n) is 3.91. The molecular formula is C10H16BrN3O2. The highest BCUT2D eigenvalue weighted by molar-refractivity contribution is 9.10. The minimum absolute atomic E-state index is 0.0954. The van der Waals surface area contributed by atoms with Gasteiger partial charge in [-0.1, -0.05) is 6.92 Å². The first-order valence-corrected chi connectivity index (χ1v) is 5.94. The summed E-state index contributed by atoms with van der Waals surface area (Å²) in [7, 11) is 0. The standard InChI is InChI=1S/C10H16BrN3O2/c1-3-10(2,4-5-15)14-8-7(11)9(16)13-6-12-8/h6,15H,3-5H2,1-2H3,(H2,12,13,14,16). The molecule has 3 N–H and O–H groups in total. The second kappa shape index (κ2) is 5.45. The summed E-state index contributed by atoms with van der Waals surface area (Å²) in [4.78, 5) is 17.9. The molecule has 1 rings (SSSR count). The highest BCUT2D eigenvalue weighted by atomic mass is 79.9. The van der Waals surface area contributed by atoms with E-state index in [4.69, 9.17) is 5.11 Å². The third-order valence-corrected chi connectivity index (χ3v) is 3.40. The molecule has 0 aliphatic rings. The summed E-state index contributed by atoms with van der Waals surface area (Å²) in [5.41, 5.74) is -0.488. The fraction of sp³-hybridized carbons (Fsp3) is 0.600. The van der Waals surface area contributed by atoms with Gasteiger partial charge < -0.3 is 15.4 Å². The quantitative estimate of drug-likeness (QED) is 0.768. The minimum Gasteiger partial charge on any atom is -0.396 e. The number of hydrogen-bond acceptors (Lipinski definition) is 4. The molecule has 0 radical (unpaired) electrons. The van der Waals surface area contributed by atoms with E-state index in [0.717, 1.165) is 6.42 Å². The zero-order valence-electron chi connectivity index (χ0n) is 9.38. The van der Waals surface area contributed by atoms with E-state index in [0.29, 0.717) is 16.7 Å². The van der Waals surface area contributed by atoms with Crippen LogP contribution in [0.3, 0.4) is 0 Å². The van der Waals surface area contributed by atoms with E-state index in [2.05, 4.69) is 31.2 Å². The van der Waals surface area contributed by atoms with Gasteiger partial charge in [-0.15, -0.1) is 0 Å². The number of halogens is 1. The predicted molar refractivity (Wildman–Crippen MR) is 66.6 cm³/mol. The Morgan fingerprint density at radius 3 is 2.94 bits per heavy atom. The summed E-state index contributed by atoms with van der Waals surface area (Å²) >= 11 is 3.18. The fourth-order valence-corrected chi connectivity index (χ4v) is 1.65. The number of aromatic nitrogens is 2. The summed E-state index contributed by atoms with van der Waals surface area (Å²) < 4.78 is 0.382. The maximum atomic E-state index is 11.3. The SMILES string of the molecule is CCC(C)(CCO)Nc1nc[nH]c(=O)c1Br. The Kier molecular flexibility index (Phi) is 4.49. The van der Waals surface area contributed by atoms with E-state index < -0.39 is 0 Å². The van der Waals surface area contributed by atoms with E-state index in [1.54, 1.807) is 0 Å².